The molecule has 0 heterocycles. The first-order valence-corrected chi connectivity index (χ1v) is 8.49. The lowest BCUT2D eigenvalue weighted by molar-refractivity contribution is -0.116. The molecular formula is C18H28FN3O. The molecule has 23 heavy (non-hydrogen) atoms. The van der Waals surface area contributed by atoms with Crippen molar-refractivity contribution in [1.29, 1.82) is 0 Å². The van der Waals surface area contributed by atoms with E-state index in [0.29, 0.717) is 18.7 Å². The summed E-state index contributed by atoms with van der Waals surface area (Å²) in [4.78, 5) is 16.5. The first kappa shape index (κ1) is 17.9. The number of amides is 1. The minimum Gasteiger partial charge on any atom is -0.326 e. The molecule has 0 aromatic heterocycles. The van der Waals surface area contributed by atoms with E-state index in [1.165, 1.54) is 37.8 Å². The zero-order valence-electron chi connectivity index (χ0n) is 14.2. The van der Waals surface area contributed by atoms with E-state index in [-0.39, 0.29) is 11.7 Å². The van der Waals surface area contributed by atoms with E-state index >= 15 is 0 Å². The maximum absolute atomic E-state index is 13.1. The van der Waals surface area contributed by atoms with Crippen molar-refractivity contribution >= 4 is 11.6 Å². The molecule has 2 rings (SSSR count). The fourth-order valence-electron chi connectivity index (χ4n) is 3.05. The van der Waals surface area contributed by atoms with Crippen LogP contribution >= 0.6 is 0 Å². The summed E-state index contributed by atoms with van der Waals surface area (Å²) >= 11 is 0. The van der Waals surface area contributed by atoms with E-state index in [2.05, 4.69) is 22.2 Å². The van der Waals surface area contributed by atoms with Gasteiger partial charge in [-0.15, -0.1) is 0 Å². The average molecular weight is 321 g/mol. The Labute approximate surface area is 138 Å². The normalized spacial score (nSPS) is 15.5. The highest BCUT2D eigenvalue weighted by Gasteiger charge is 2.19. The van der Waals surface area contributed by atoms with Crippen LogP contribution in [0, 0.1) is 5.82 Å². The van der Waals surface area contributed by atoms with Crippen LogP contribution in [0.5, 0.6) is 0 Å². The van der Waals surface area contributed by atoms with Crippen molar-refractivity contribution in [2.24, 2.45) is 0 Å². The molecule has 128 valence electrons. The summed E-state index contributed by atoms with van der Waals surface area (Å²) in [5.74, 6) is -0.415. The SMILES string of the molecule is CN(CCC(=O)Nc1cccc(F)c1)CCN(C)C1CCCC1. The van der Waals surface area contributed by atoms with Crippen molar-refractivity contribution in [2.45, 2.75) is 38.1 Å². The summed E-state index contributed by atoms with van der Waals surface area (Å²) < 4.78 is 13.1. The van der Waals surface area contributed by atoms with Gasteiger partial charge in [-0.1, -0.05) is 18.9 Å². The number of carbonyl (C=O) groups excluding carboxylic acids is 1. The van der Waals surface area contributed by atoms with Crippen LogP contribution in [0.2, 0.25) is 0 Å². The predicted molar refractivity (Wildman–Crippen MR) is 92.0 cm³/mol. The molecule has 0 bridgehead atoms. The van der Waals surface area contributed by atoms with Crippen LogP contribution in [0.3, 0.4) is 0 Å². The van der Waals surface area contributed by atoms with Gasteiger partial charge in [0.25, 0.3) is 0 Å². The third kappa shape index (κ3) is 6.28. The molecule has 0 spiro atoms. The van der Waals surface area contributed by atoms with Gasteiger partial charge in [-0.2, -0.15) is 0 Å². The number of carbonyl (C=O) groups is 1. The van der Waals surface area contributed by atoms with Gasteiger partial charge in [0.1, 0.15) is 5.82 Å². The van der Waals surface area contributed by atoms with Gasteiger partial charge in [0, 0.05) is 37.8 Å². The number of benzene rings is 1. The number of nitrogens with zero attached hydrogens (tertiary/aromatic N) is 2. The van der Waals surface area contributed by atoms with Crippen molar-refractivity contribution in [3.63, 3.8) is 0 Å². The van der Waals surface area contributed by atoms with Crippen molar-refractivity contribution in [1.82, 2.24) is 9.80 Å². The van der Waals surface area contributed by atoms with Crippen LogP contribution in [-0.2, 0) is 4.79 Å². The predicted octanol–water partition coefficient (Wildman–Crippen LogP) is 2.96. The fourth-order valence-corrected chi connectivity index (χ4v) is 3.05. The van der Waals surface area contributed by atoms with Gasteiger partial charge in [0.05, 0.1) is 0 Å². The topological polar surface area (TPSA) is 35.6 Å². The molecule has 0 atom stereocenters. The lowest BCUT2D eigenvalue weighted by atomic mass is 10.2. The van der Waals surface area contributed by atoms with E-state index < -0.39 is 0 Å². The van der Waals surface area contributed by atoms with Gasteiger partial charge in [-0.3, -0.25) is 4.79 Å². The van der Waals surface area contributed by atoms with Crippen LogP contribution in [0.15, 0.2) is 24.3 Å². The van der Waals surface area contributed by atoms with E-state index in [1.54, 1.807) is 12.1 Å². The number of halogens is 1. The lowest BCUT2D eigenvalue weighted by Crippen LogP contribution is -2.37. The Kier molecular flexibility index (Phi) is 6.99. The van der Waals surface area contributed by atoms with Gasteiger partial charge in [0.15, 0.2) is 0 Å². The molecule has 0 radical (unpaired) electrons. The monoisotopic (exact) mass is 321 g/mol. The number of likely N-dealkylation sites (N-methyl/N-ethyl adjacent to an activating group) is 2. The van der Waals surface area contributed by atoms with E-state index in [9.17, 15) is 9.18 Å². The number of hydrogen-bond donors (Lipinski definition) is 1. The molecule has 1 N–H and O–H groups in total. The van der Waals surface area contributed by atoms with Gasteiger partial charge in [-0.25, -0.2) is 4.39 Å². The van der Waals surface area contributed by atoms with Gasteiger partial charge in [0.2, 0.25) is 5.91 Å². The Morgan fingerprint density at radius 1 is 1.22 bits per heavy atom. The van der Waals surface area contributed by atoms with Crippen molar-refractivity contribution in [3.8, 4) is 0 Å². The third-order valence-corrected chi connectivity index (χ3v) is 4.61. The van der Waals surface area contributed by atoms with E-state index in [4.69, 9.17) is 0 Å². The quantitative estimate of drug-likeness (QED) is 0.799. The number of hydrogen-bond acceptors (Lipinski definition) is 3. The molecule has 5 heteroatoms. The highest BCUT2D eigenvalue weighted by atomic mass is 19.1. The molecule has 0 unspecified atom stereocenters. The molecule has 1 aromatic carbocycles. The summed E-state index contributed by atoms with van der Waals surface area (Å²) in [7, 11) is 4.23. The number of nitrogens with one attached hydrogen (secondary N) is 1. The maximum Gasteiger partial charge on any atom is 0.225 e. The highest BCUT2D eigenvalue weighted by molar-refractivity contribution is 5.90. The molecule has 1 aliphatic carbocycles. The zero-order chi connectivity index (χ0) is 16.7. The summed E-state index contributed by atoms with van der Waals surface area (Å²) in [6.45, 7) is 2.70. The Hall–Kier alpha value is -1.46. The third-order valence-electron chi connectivity index (χ3n) is 4.61. The Morgan fingerprint density at radius 3 is 2.65 bits per heavy atom. The second kappa shape index (κ2) is 8.99. The van der Waals surface area contributed by atoms with Crippen LogP contribution in [-0.4, -0.2) is 55.5 Å². The molecule has 1 amide bonds. The smallest absolute Gasteiger partial charge is 0.225 e. The van der Waals surface area contributed by atoms with Crippen molar-refractivity contribution in [3.05, 3.63) is 30.1 Å². The van der Waals surface area contributed by atoms with Gasteiger partial charge < -0.3 is 15.1 Å². The number of anilines is 1. The molecule has 4 nitrogen and oxygen atoms in total. The lowest BCUT2D eigenvalue weighted by Gasteiger charge is -2.26. The Morgan fingerprint density at radius 2 is 1.96 bits per heavy atom. The molecule has 1 aliphatic rings. The van der Waals surface area contributed by atoms with Crippen LogP contribution in [0.25, 0.3) is 0 Å². The molecular weight excluding hydrogens is 293 g/mol. The van der Waals surface area contributed by atoms with Gasteiger partial charge in [-0.05, 0) is 45.1 Å². The molecule has 0 aliphatic heterocycles. The van der Waals surface area contributed by atoms with E-state index in [1.807, 2.05) is 7.05 Å². The standard InChI is InChI=1S/C18H28FN3O/c1-21(12-13-22(2)17-8-3-4-9-17)11-10-18(23)20-16-7-5-6-15(19)14-16/h5-7,14,17H,3-4,8-13H2,1-2H3,(H,20,23). The van der Waals surface area contributed by atoms with E-state index in [0.717, 1.165) is 19.1 Å². The molecule has 1 fully saturated rings. The fraction of sp³-hybridized carbons (Fsp3) is 0.611. The second-order valence-corrected chi connectivity index (χ2v) is 6.53. The molecule has 0 saturated heterocycles. The Balaban J connectivity index is 1.63. The average Bonchev–Trinajstić information content (AvgIpc) is 3.05. The number of rotatable bonds is 8. The van der Waals surface area contributed by atoms with Crippen LogP contribution in [0.4, 0.5) is 10.1 Å². The summed E-state index contributed by atoms with van der Waals surface area (Å²) in [6.07, 6.45) is 5.75. The van der Waals surface area contributed by atoms with Crippen molar-refractivity contribution in [2.75, 3.05) is 39.0 Å². The Bertz CT molecular complexity index is 503. The largest absolute Gasteiger partial charge is 0.326 e. The maximum atomic E-state index is 13.1. The minimum atomic E-state index is -0.338. The summed E-state index contributed by atoms with van der Waals surface area (Å²) in [5, 5.41) is 2.73. The molecule has 1 saturated carbocycles. The summed E-state index contributed by atoms with van der Waals surface area (Å²) in [6, 6.07) is 6.72. The van der Waals surface area contributed by atoms with Gasteiger partial charge >= 0.3 is 0 Å². The highest BCUT2D eigenvalue weighted by Crippen LogP contribution is 2.21. The first-order chi connectivity index (χ1) is 11.0. The summed E-state index contributed by atoms with van der Waals surface area (Å²) in [5.41, 5.74) is 0.513. The minimum absolute atomic E-state index is 0.0772. The molecule has 1 aromatic rings. The second-order valence-electron chi connectivity index (χ2n) is 6.53. The van der Waals surface area contributed by atoms with Crippen molar-refractivity contribution < 1.29 is 9.18 Å². The first-order valence-electron chi connectivity index (χ1n) is 8.49. The zero-order valence-corrected chi connectivity index (χ0v) is 14.2. The van der Waals surface area contributed by atoms with Crippen LogP contribution in [0.1, 0.15) is 32.1 Å². The van der Waals surface area contributed by atoms with Crippen LogP contribution < -0.4 is 5.32 Å².